The zero-order valence-electron chi connectivity index (χ0n) is 13.6. The van der Waals surface area contributed by atoms with Crippen LogP contribution in [0, 0.1) is 5.82 Å². The van der Waals surface area contributed by atoms with Crippen molar-refractivity contribution in [3.8, 4) is 5.75 Å². The molecule has 0 aliphatic heterocycles. The topological polar surface area (TPSA) is 88.8 Å². The van der Waals surface area contributed by atoms with Gasteiger partial charge in [-0.1, -0.05) is 17.3 Å². The Hall–Kier alpha value is -2.04. The van der Waals surface area contributed by atoms with E-state index in [-0.39, 0.29) is 31.2 Å². The molecule has 24 heavy (non-hydrogen) atoms. The Bertz CT molecular complexity index is 779. The summed E-state index contributed by atoms with van der Waals surface area (Å²) < 4.78 is 49.8. The van der Waals surface area contributed by atoms with E-state index in [4.69, 9.17) is 9.26 Å². The number of hydrogen-bond acceptors (Lipinski definition) is 6. The number of benzene rings is 1. The number of hydrogen-bond donors (Lipinski definition) is 0. The molecule has 0 N–H and O–H groups in total. The second-order valence-corrected chi connectivity index (χ2v) is 7.43. The highest BCUT2D eigenvalue weighted by atomic mass is 32.2. The first-order valence-electron chi connectivity index (χ1n) is 7.13. The molecular formula is C14H19FN4O4S. The molecule has 0 saturated heterocycles. The molecule has 2 aromatic rings. The van der Waals surface area contributed by atoms with Crippen LogP contribution >= 0.6 is 0 Å². The van der Waals surface area contributed by atoms with E-state index in [9.17, 15) is 12.8 Å². The third kappa shape index (κ3) is 4.49. The molecule has 1 aromatic heterocycles. The monoisotopic (exact) mass is 358 g/mol. The van der Waals surface area contributed by atoms with Crippen LogP contribution in [0.5, 0.6) is 5.75 Å². The van der Waals surface area contributed by atoms with Gasteiger partial charge in [0.2, 0.25) is 0 Å². The van der Waals surface area contributed by atoms with Gasteiger partial charge in [0.25, 0.3) is 16.1 Å². The third-order valence-electron chi connectivity index (χ3n) is 3.20. The van der Waals surface area contributed by atoms with Gasteiger partial charge in [0, 0.05) is 34.1 Å². The third-order valence-corrected chi connectivity index (χ3v) is 5.10. The fourth-order valence-electron chi connectivity index (χ4n) is 1.80. The molecule has 0 radical (unpaired) electrons. The van der Waals surface area contributed by atoms with Crippen LogP contribution < -0.4 is 4.74 Å². The highest BCUT2D eigenvalue weighted by Gasteiger charge is 2.20. The molecular weight excluding hydrogens is 339 g/mol. The van der Waals surface area contributed by atoms with Crippen molar-refractivity contribution in [2.45, 2.75) is 13.0 Å². The second kappa shape index (κ2) is 7.69. The molecule has 1 aromatic carbocycles. The molecule has 0 spiro atoms. The molecule has 8 nitrogen and oxygen atoms in total. The summed E-state index contributed by atoms with van der Waals surface area (Å²) in [6, 6.07) is 5.99. The van der Waals surface area contributed by atoms with Crippen molar-refractivity contribution in [2.75, 3.05) is 27.7 Å². The van der Waals surface area contributed by atoms with E-state index in [0.29, 0.717) is 5.82 Å². The van der Waals surface area contributed by atoms with Crippen LogP contribution in [0.3, 0.4) is 0 Å². The number of ether oxygens (including phenoxy) is 1. The summed E-state index contributed by atoms with van der Waals surface area (Å²) in [4.78, 5) is 4.09. The first-order chi connectivity index (χ1) is 11.3. The predicted molar refractivity (Wildman–Crippen MR) is 84.0 cm³/mol. The molecule has 0 atom stereocenters. The zero-order chi connectivity index (χ0) is 17.7. The molecule has 0 bridgehead atoms. The van der Waals surface area contributed by atoms with Gasteiger partial charge in [-0.3, -0.25) is 0 Å². The molecule has 132 valence electrons. The van der Waals surface area contributed by atoms with E-state index >= 15 is 0 Å². The number of rotatable bonds is 8. The van der Waals surface area contributed by atoms with Crippen molar-refractivity contribution in [2.24, 2.45) is 0 Å². The molecule has 1 heterocycles. The van der Waals surface area contributed by atoms with E-state index in [0.717, 1.165) is 4.31 Å². The molecule has 0 aliphatic rings. The van der Waals surface area contributed by atoms with Gasteiger partial charge in [0.1, 0.15) is 0 Å². The summed E-state index contributed by atoms with van der Waals surface area (Å²) in [5.41, 5.74) is 0. The standard InChI is InChI=1S/C14H19FN4O4S/c1-18(2)24(20,21)19(3)9-8-13-16-14(23-17-13)10-22-12-7-5-4-6-11(12)15/h4-7H,8-10H2,1-3H3. The Labute approximate surface area is 140 Å². The van der Waals surface area contributed by atoms with Gasteiger partial charge >= 0.3 is 0 Å². The minimum absolute atomic E-state index is 0.0697. The van der Waals surface area contributed by atoms with Gasteiger partial charge in [-0.15, -0.1) is 0 Å². The Kier molecular flexibility index (Phi) is 5.86. The van der Waals surface area contributed by atoms with Crippen LogP contribution in [0.15, 0.2) is 28.8 Å². The molecule has 0 saturated carbocycles. The number of halogens is 1. The fraction of sp³-hybridized carbons (Fsp3) is 0.429. The molecule has 2 rings (SSSR count). The molecule has 0 amide bonds. The van der Waals surface area contributed by atoms with Crippen LogP contribution in [-0.4, -0.2) is 54.9 Å². The van der Waals surface area contributed by atoms with Crippen molar-refractivity contribution < 1.29 is 22.1 Å². The zero-order valence-corrected chi connectivity index (χ0v) is 14.5. The highest BCUT2D eigenvalue weighted by molar-refractivity contribution is 7.86. The van der Waals surface area contributed by atoms with Gasteiger partial charge in [0.15, 0.2) is 24.0 Å². The lowest BCUT2D eigenvalue weighted by Gasteiger charge is -2.20. The van der Waals surface area contributed by atoms with E-state index in [1.54, 1.807) is 12.1 Å². The van der Waals surface area contributed by atoms with E-state index < -0.39 is 16.0 Å². The summed E-state index contributed by atoms with van der Waals surface area (Å²) in [5.74, 6) is 0.149. The summed E-state index contributed by atoms with van der Waals surface area (Å²) in [6.07, 6.45) is 0.284. The summed E-state index contributed by atoms with van der Waals surface area (Å²) in [7, 11) is 0.906. The first kappa shape index (κ1) is 18.3. The molecule has 0 unspecified atom stereocenters. The van der Waals surface area contributed by atoms with Crippen LogP contribution in [-0.2, 0) is 23.2 Å². The molecule has 10 heteroatoms. The van der Waals surface area contributed by atoms with Gasteiger partial charge in [-0.05, 0) is 12.1 Å². The average Bonchev–Trinajstić information content (AvgIpc) is 2.99. The Morgan fingerprint density at radius 2 is 1.96 bits per heavy atom. The Balaban J connectivity index is 1.88. The predicted octanol–water partition coefficient (Wildman–Crippen LogP) is 1.07. The summed E-state index contributed by atoms with van der Waals surface area (Å²) in [6.45, 7) is 0.132. The smallest absolute Gasteiger partial charge is 0.281 e. The molecule has 0 fully saturated rings. The van der Waals surface area contributed by atoms with Gasteiger partial charge in [0.05, 0.1) is 0 Å². The maximum atomic E-state index is 13.4. The summed E-state index contributed by atoms with van der Waals surface area (Å²) >= 11 is 0. The number of para-hydroxylation sites is 1. The minimum atomic E-state index is -3.48. The van der Waals surface area contributed by atoms with Crippen molar-refractivity contribution in [3.05, 3.63) is 41.8 Å². The lowest BCUT2D eigenvalue weighted by molar-refractivity contribution is 0.234. The normalized spacial score (nSPS) is 12.1. The van der Waals surface area contributed by atoms with Crippen molar-refractivity contribution >= 4 is 10.2 Å². The van der Waals surface area contributed by atoms with Crippen molar-refractivity contribution in [1.29, 1.82) is 0 Å². The average molecular weight is 358 g/mol. The first-order valence-corrected chi connectivity index (χ1v) is 8.53. The van der Waals surface area contributed by atoms with E-state index in [1.807, 2.05) is 0 Å². The number of aromatic nitrogens is 2. The van der Waals surface area contributed by atoms with E-state index in [1.165, 1.54) is 37.6 Å². The minimum Gasteiger partial charge on any atom is -0.481 e. The van der Waals surface area contributed by atoms with Crippen LogP contribution in [0.4, 0.5) is 4.39 Å². The van der Waals surface area contributed by atoms with Gasteiger partial charge in [-0.2, -0.15) is 22.0 Å². The quantitative estimate of drug-likeness (QED) is 0.701. The van der Waals surface area contributed by atoms with E-state index in [2.05, 4.69) is 10.1 Å². The van der Waals surface area contributed by atoms with Crippen LogP contribution in [0.1, 0.15) is 11.7 Å². The number of nitrogens with zero attached hydrogens (tertiary/aromatic N) is 4. The highest BCUT2D eigenvalue weighted by Crippen LogP contribution is 2.16. The fourth-order valence-corrected chi connectivity index (χ4v) is 2.68. The lowest BCUT2D eigenvalue weighted by Crippen LogP contribution is -2.38. The Morgan fingerprint density at radius 1 is 1.25 bits per heavy atom. The SMILES string of the molecule is CN(C)S(=O)(=O)N(C)CCc1noc(COc2ccccc2F)n1. The van der Waals surface area contributed by atoms with Crippen LogP contribution in [0.2, 0.25) is 0 Å². The van der Waals surface area contributed by atoms with Gasteiger partial charge < -0.3 is 9.26 Å². The number of likely N-dealkylation sites (N-methyl/N-ethyl adjacent to an activating group) is 1. The van der Waals surface area contributed by atoms with Gasteiger partial charge in [-0.25, -0.2) is 4.39 Å². The lowest BCUT2D eigenvalue weighted by atomic mass is 10.3. The second-order valence-electron chi connectivity index (χ2n) is 5.19. The maximum Gasteiger partial charge on any atom is 0.281 e. The van der Waals surface area contributed by atoms with Crippen molar-refractivity contribution in [1.82, 2.24) is 18.8 Å². The van der Waals surface area contributed by atoms with Crippen molar-refractivity contribution in [3.63, 3.8) is 0 Å². The van der Waals surface area contributed by atoms with Crippen LogP contribution in [0.25, 0.3) is 0 Å². The maximum absolute atomic E-state index is 13.4. The molecule has 0 aliphatic carbocycles. The largest absolute Gasteiger partial charge is 0.481 e. The Morgan fingerprint density at radius 3 is 2.62 bits per heavy atom. The summed E-state index contributed by atoms with van der Waals surface area (Å²) in [5, 5.41) is 3.75.